The van der Waals surface area contributed by atoms with E-state index in [9.17, 15) is 5.11 Å². The van der Waals surface area contributed by atoms with Crippen LogP contribution in [0.15, 0.2) is 48.8 Å². The Morgan fingerprint density at radius 2 is 1.86 bits per heavy atom. The molecule has 0 saturated heterocycles. The van der Waals surface area contributed by atoms with Crippen LogP contribution in [0.1, 0.15) is 49.3 Å². The van der Waals surface area contributed by atoms with Gasteiger partial charge in [-0.1, -0.05) is 30.3 Å². The number of nitrogens with one attached hydrogen (secondary N) is 2. The van der Waals surface area contributed by atoms with Crippen molar-refractivity contribution in [2.45, 2.75) is 51.0 Å². The van der Waals surface area contributed by atoms with E-state index in [4.69, 9.17) is 15.0 Å². The van der Waals surface area contributed by atoms with Gasteiger partial charge in [0.15, 0.2) is 0 Å². The third-order valence-electron chi connectivity index (χ3n) is 7.69. The molecule has 2 aliphatic carbocycles. The molecule has 3 aromatic heterocycles. The molecular formula is C28H32N6OS. The highest BCUT2D eigenvalue weighted by Crippen LogP contribution is 2.42. The van der Waals surface area contributed by atoms with Crippen LogP contribution in [0.25, 0.3) is 20.8 Å². The topological polar surface area (TPSA) is 95.9 Å². The lowest BCUT2D eigenvalue weighted by Gasteiger charge is -2.35. The van der Waals surface area contributed by atoms with Gasteiger partial charge >= 0.3 is 0 Å². The highest BCUT2D eigenvalue weighted by atomic mass is 32.1. The average Bonchev–Trinajstić information content (AvgIpc) is 3.50. The fraction of sp³-hybridized carbons (Fsp3) is 0.429. The minimum Gasteiger partial charge on any atom is -0.396 e. The Bertz CT molecular complexity index is 1300. The van der Waals surface area contributed by atoms with Crippen LogP contribution in [0.5, 0.6) is 0 Å². The third-order valence-corrected chi connectivity index (χ3v) is 8.74. The molecule has 2 unspecified atom stereocenters. The van der Waals surface area contributed by atoms with Crippen molar-refractivity contribution in [3.63, 3.8) is 0 Å². The molecule has 2 saturated carbocycles. The Balaban J connectivity index is 1.22. The Morgan fingerprint density at radius 1 is 1.00 bits per heavy atom. The Labute approximate surface area is 215 Å². The third kappa shape index (κ3) is 4.80. The van der Waals surface area contributed by atoms with Crippen LogP contribution in [-0.4, -0.2) is 44.2 Å². The first-order chi connectivity index (χ1) is 17.7. The van der Waals surface area contributed by atoms with E-state index in [1.807, 2.05) is 13.0 Å². The van der Waals surface area contributed by atoms with Crippen molar-refractivity contribution in [3.8, 4) is 10.6 Å². The Morgan fingerprint density at radius 3 is 2.64 bits per heavy atom. The van der Waals surface area contributed by atoms with Crippen LogP contribution in [0.2, 0.25) is 0 Å². The second-order valence-electron chi connectivity index (χ2n) is 10.2. The van der Waals surface area contributed by atoms with Crippen LogP contribution in [0.3, 0.4) is 0 Å². The van der Waals surface area contributed by atoms with Crippen molar-refractivity contribution in [2.75, 3.05) is 23.8 Å². The maximum absolute atomic E-state index is 9.62. The summed E-state index contributed by atoms with van der Waals surface area (Å²) in [6, 6.07) is 13.1. The van der Waals surface area contributed by atoms with Crippen LogP contribution in [0.4, 0.5) is 11.8 Å². The van der Waals surface area contributed by atoms with E-state index in [0.29, 0.717) is 23.7 Å². The van der Waals surface area contributed by atoms with Gasteiger partial charge in [0.2, 0.25) is 5.95 Å². The summed E-state index contributed by atoms with van der Waals surface area (Å²) in [5.41, 5.74) is 4.21. The summed E-state index contributed by atoms with van der Waals surface area (Å²) in [5, 5.41) is 17.7. The number of hydrogen-bond acceptors (Lipinski definition) is 8. The van der Waals surface area contributed by atoms with Gasteiger partial charge in [-0.2, -0.15) is 4.98 Å². The molecule has 2 aliphatic rings. The van der Waals surface area contributed by atoms with Crippen LogP contribution in [0, 0.1) is 18.8 Å². The van der Waals surface area contributed by atoms with Crippen molar-refractivity contribution >= 4 is 33.3 Å². The zero-order valence-corrected chi connectivity index (χ0v) is 21.3. The van der Waals surface area contributed by atoms with Crippen molar-refractivity contribution in [1.29, 1.82) is 0 Å². The minimum absolute atomic E-state index is 0.247. The number of thiazole rings is 1. The van der Waals surface area contributed by atoms with Gasteiger partial charge in [0.1, 0.15) is 16.3 Å². The summed E-state index contributed by atoms with van der Waals surface area (Å²) in [4.78, 5) is 18.9. The Kier molecular flexibility index (Phi) is 6.54. The second kappa shape index (κ2) is 10.1. The summed E-state index contributed by atoms with van der Waals surface area (Å²) in [6.45, 7) is 3.17. The number of nitrogens with zero attached hydrogens (tertiary/aromatic N) is 4. The average molecular weight is 501 g/mol. The number of aliphatic hydroxyl groups excluding tert-OH is 1. The summed E-state index contributed by atoms with van der Waals surface area (Å²) in [7, 11) is 0. The first-order valence-electron chi connectivity index (χ1n) is 12.9. The summed E-state index contributed by atoms with van der Waals surface area (Å²) >= 11 is 1.65. The van der Waals surface area contributed by atoms with Gasteiger partial charge in [-0.05, 0) is 68.4 Å². The molecule has 36 heavy (non-hydrogen) atoms. The maximum Gasteiger partial charge on any atom is 0.224 e. The normalized spacial score (nSPS) is 23.5. The number of aryl methyl sites for hydroxylation is 1. The molecule has 0 spiro atoms. The second-order valence-corrected chi connectivity index (χ2v) is 11.3. The van der Waals surface area contributed by atoms with Crippen LogP contribution in [-0.2, 0) is 0 Å². The number of benzene rings is 1. The Hall–Kier alpha value is -3.10. The summed E-state index contributed by atoms with van der Waals surface area (Å²) in [6.07, 6.45) is 9.02. The first-order valence-corrected chi connectivity index (χ1v) is 13.7. The molecular weight excluding hydrogens is 468 g/mol. The van der Waals surface area contributed by atoms with E-state index >= 15 is 0 Å². The lowest BCUT2D eigenvalue weighted by atomic mass is 9.71. The molecule has 186 valence electrons. The van der Waals surface area contributed by atoms with Crippen molar-refractivity contribution in [2.24, 2.45) is 11.8 Å². The number of aromatic nitrogens is 4. The number of aliphatic hydroxyl groups is 1. The van der Waals surface area contributed by atoms with Gasteiger partial charge in [-0.15, -0.1) is 11.3 Å². The van der Waals surface area contributed by atoms with E-state index in [1.54, 1.807) is 23.7 Å². The fourth-order valence-electron chi connectivity index (χ4n) is 5.60. The molecule has 0 aliphatic heterocycles. The molecule has 0 amide bonds. The molecule has 4 aromatic rings. The van der Waals surface area contributed by atoms with Gasteiger partial charge in [0.05, 0.1) is 22.2 Å². The molecule has 0 radical (unpaired) electrons. The van der Waals surface area contributed by atoms with Gasteiger partial charge in [0, 0.05) is 25.4 Å². The standard InChI is InChI=1S/C28H32N6OS/c1-17-25(27-33-23-15-29-10-9-24(23)36-27)26(32-22-8-7-18(13-22)16-35)34-28(31-17)30-14-19-11-21(12-19)20-5-3-2-4-6-20/h2-6,9-10,15,18-19,21-22,35H,7-8,11-14,16H2,1H3,(H2,30,31,32,34). The number of fused-ring (bicyclic) bond motifs is 1. The molecule has 6 rings (SSSR count). The molecule has 7 nitrogen and oxygen atoms in total. The number of hydrogen-bond donors (Lipinski definition) is 3. The lowest BCUT2D eigenvalue weighted by Crippen LogP contribution is -2.28. The van der Waals surface area contributed by atoms with Crippen molar-refractivity contribution < 1.29 is 5.11 Å². The van der Waals surface area contributed by atoms with E-state index < -0.39 is 0 Å². The fourth-order valence-corrected chi connectivity index (χ4v) is 6.63. The quantitative estimate of drug-likeness (QED) is 0.288. The van der Waals surface area contributed by atoms with Gasteiger partial charge in [-0.25, -0.2) is 9.97 Å². The maximum atomic E-state index is 9.62. The first kappa shape index (κ1) is 23.3. The largest absolute Gasteiger partial charge is 0.396 e. The van der Waals surface area contributed by atoms with E-state index in [-0.39, 0.29) is 12.6 Å². The predicted molar refractivity (Wildman–Crippen MR) is 145 cm³/mol. The smallest absolute Gasteiger partial charge is 0.224 e. The number of anilines is 2. The molecule has 1 aromatic carbocycles. The van der Waals surface area contributed by atoms with E-state index in [0.717, 1.165) is 58.1 Å². The van der Waals surface area contributed by atoms with Gasteiger partial charge < -0.3 is 15.7 Å². The monoisotopic (exact) mass is 500 g/mol. The molecule has 0 bridgehead atoms. The van der Waals surface area contributed by atoms with Crippen molar-refractivity contribution in [1.82, 2.24) is 19.9 Å². The predicted octanol–water partition coefficient (Wildman–Crippen LogP) is 5.64. The van der Waals surface area contributed by atoms with Crippen molar-refractivity contribution in [3.05, 3.63) is 60.0 Å². The molecule has 3 heterocycles. The highest BCUT2D eigenvalue weighted by Gasteiger charge is 2.30. The molecule has 2 atom stereocenters. The van der Waals surface area contributed by atoms with Gasteiger partial charge in [0.25, 0.3) is 0 Å². The number of pyridine rings is 1. The van der Waals surface area contributed by atoms with Crippen LogP contribution >= 0.6 is 11.3 Å². The van der Waals surface area contributed by atoms with Crippen LogP contribution < -0.4 is 10.6 Å². The SMILES string of the molecule is Cc1nc(NCC2CC(c3ccccc3)C2)nc(NC2CCC(CO)C2)c1-c1nc2cnccc2s1. The highest BCUT2D eigenvalue weighted by molar-refractivity contribution is 7.21. The summed E-state index contributed by atoms with van der Waals surface area (Å²) in [5.74, 6) is 3.15. The zero-order chi connectivity index (χ0) is 24.5. The molecule has 2 fully saturated rings. The minimum atomic E-state index is 0.247. The lowest BCUT2D eigenvalue weighted by molar-refractivity contribution is 0.229. The number of rotatable bonds is 8. The molecule has 3 N–H and O–H groups in total. The zero-order valence-electron chi connectivity index (χ0n) is 20.5. The summed E-state index contributed by atoms with van der Waals surface area (Å²) < 4.78 is 1.10. The van der Waals surface area contributed by atoms with E-state index in [2.05, 4.69) is 45.9 Å². The van der Waals surface area contributed by atoms with Gasteiger partial charge in [-0.3, -0.25) is 4.98 Å². The van der Waals surface area contributed by atoms with E-state index in [1.165, 1.54) is 18.4 Å². The molecule has 8 heteroatoms.